The summed E-state index contributed by atoms with van der Waals surface area (Å²) in [5.41, 5.74) is 0. The smallest absolute Gasteiger partial charge is 0.0754 e. The van der Waals surface area contributed by atoms with E-state index < -0.39 is 0 Å². The monoisotopic (exact) mass is 140 g/mol. The van der Waals surface area contributed by atoms with Gasteiger partial charge in [0.2, 0.25) is 0 Å². The first-order chi connectivity index (χ1) is 4.91. The van der Waals surface area contributed by atoms with Gasteiger partial charge in [0.05, 0.1) is 6.26 Å². The lowest BCUT2D eigenvalue weighted by Gasteiger charge is -1.86. The number of aliphatic hydroxyl groups excluding tert-OH is 1. The van der Waals surface area contributed by atoms with Crippen LogP contribution in [-0.4, -0.2) is 5.11 Å². The lowest BCUT2D eigenvalue weighted by Crippen LogP contribution is -1.66. The number of hydrogen-bond donors (Lipinski definition) is 1. The Morgan fingerprint density at radius 3 is 2.60 bits per heavy atom. The van der Waals surface area contributed by atoms with Gasteiger partial charge in [0, 0.05) is 0 Å². The molecule has 1 N–H and O–H groups in total. The second-order valence-electron chi connectivity index (χ2n) is 2.23. The van der Waals surface area contributed by atoms with Crippen molar-refractivity contribution in [2.24, 2.45) is 0 Å². The summed E-state index contributed by atoms with van der Waals surface area (Å²) in [6.07, 6.45) is 11.6. The van der Waals surface area contributed by atoms with Gasteiger partial charge in [0.25, 0.3) is 0 Å². The molecule has 0 heterocycles. The number of hydrogen-bond acceptors (Lipinski definition) is 1. The minimum absolute atomic E-state index is 0.847. The number of allylic oxidation sites excluding steroid dienone is 3. The molecule has 0 aromatic rings. The predicted octanol–water partition coefficient (Wildman–Crippen LogP) is 3.19. The van der Waals surface area contributed by atoms with Gasteiger partial charge in [-0.05, 0) is 18.9 Å². The van der Waals surface area contributed by atoms with E-state index in [0.717, 1.165) is 19.1 Å². The Labute approximate surface area is 63.1 Å². The molecule has 0 atom stereocenters. The van der Waals surface area contributed by atoms with Crippen LogP contribution in [-0.2, 0) is 0 Å². The van der Waals surface area contributed by atoms with Gasteiger partial charge < -0.3 is 5.11 Å². The van der Waals surface area contributed by atoms with Crippen molar-refractivity contribution in [1.29, 1.82) is 0 Å². The van der Waals surface area contributed by atoms with Crippen LogP contribution >= 0.6 is 0 Å². The van der Waals surface area contributed by atoms with Crippen LogP contribution in [0, 0.1) is 0 Å². The minimum atomic E-state index is 0.847. The maximum atomic E-state index is 8.25. The normalized spacial score (nSPS) is 11.7. The zero-order valence-corrected chi connectivity index (χ0v) is 6.59. The number of aliphatic hydroxyl groups is 1. The number of unbranched alkanes of at least 4 members (excludes halogenated alkanes) is 2. The zero-order chi connectivity index (χ0) is 7.66. The third-order valence-electron chi connectivity index (χ3n) is 1.27. The topological polar surface area (TPSA) is 20.2 Å². The van der Waals surface area contributed by atoms with E-state index in [4.69, 9.17) is 5.11 Å². The van der Waals surface area contributed by atoms with E-state index in [1.165, 1.54) is 12.8 Å². The van der Waals surface area contributed by atoms with Gasteiger partial charge in [0.1, 0.15) is 0 Å². The molecule has 0 amide bonds. The van der Waals surface area contributed by atoms with E-state index in [9.17, 15) is 0 Å². The van der Waals surface area contributed by atoms with Crippen LogP contribution in [0.2, 0.25) is 0 Å². The van der Waals surface area contributed by atoms with Gasteiger partial charge >= 0.3 is 0 Å². The van der Waals surface area contributed by atoms with Gasteiger partial charge in [-0.3, -0.25) is 0 Å². The van der Waals surface area contributed by atoms with E-state index in [1.807, 2.05) is 0 Å². The average molecular weight is 140 g/mol. The fraction of sp³-hybridized carbons (Fsp3) is 0.556. The Morgan fingerprint density at radius 2 is 2.00 bits per heavy atom. The number of rotatable bonds is 5. The quantitative estimate of drug-likeness (QED) is 0.353. The Hall–Kier alpha value is -0.720. The summed E-state index contributed by atoms with van der Waals surface area (Å²) in [4.78, 5) is 0. The summed E-state index contributed by atoms with van der Waals surface area (Å²) in [7, 11) is 0. The average Bonchev–Trinajstić information content (AvgIpc) is 1.97. The maximum absolute atomic E-state index is 8.25. The Morgan fingerprint density at radius 1 is 1.20 bits per heavy atom. The molecule has 0 bridgehead atoms. The van der Waals surface area contributed by atoms with Crippen molar-refractivity contribution in [2.75, 3.05) is 0 Å². The van der Waals surface area contributed by atoms with E-state index >= 15 is 0 Å². The molecule has 0 unspecified atom stereocenters. The highest BCUT2D eigenvalue weighted by atomic mass is 16.2. The van der Waals surface area contributed by atoms with Crippen molar-refractivity contribution >= 4 is 0 Å². The molecule has 0 aliphatic carbocycles. The van der Waals surface area contributed by atoms with E-state index in [1.54, 1.807) is 6.08 Å². The van der Waals surface area contributed by atoms with Crippen molar-refractivity contribution in [2.45, 2.75) is 32.6 Å². The summed E-state index contributed by atoms with van der Waals surface area (Å²) < 4.78 is 0. The Balaban J connectivity index is 3.04. The van der Waals surface area contributed by atoms with Crippen LogP contribution in [0.15, 0.2) is 24.5 Å². The van der Waals surface area contributed by atoms with Crippen molar-refractivity contribution < 1.29 is 5.11 Å². The Bertz CT molecular complexity index is 103. The van der Waals surface area contributed by atoms with Crippen LogP contribution in [0.25, 0.3) is 0 Å². The van der Waals surface area contributed by atoms with E-state index in [0.29, 0.717) is 0 Å². The van der Waals surface area contributed by atoms with Crippen molar-refractivity contribution in [3.63, 3.8) is 0 Å². The van der Waals surface area contributed by atoms with Crippen LogP contribution in [0.5, 0.6) is 0 Å². The highest BCUT2D eigenvalue weighted by Crippen LogP contribution is 1.95. The van der Waals surface area contributed by atoms with Crippen LogP contribution in [0.4, 0.5) is 0 Å². The molecule has 0 rings (SSSR count). The second-order valence-corrected chi connectivity index (χ2v) is 2.23. The molecule has 1 nitrogen and oxygen atoms in total. The van der Waals surface area contributed by atoms with Crippen molar-refractivity contribution in [3.8, 4) is 0 Å². The summed E-state index contributed by atoms with van der Waals surface area (Å²) in [6.45, 7) is 2.18. The minimum Gasteiger partial charge on any atom is -0.516 e. The largest absolute Gasteiger partial charge is 0.516 e. The molecule has 0 saturated heterocycles. The molecule has 0 spiro atoms. The predicted molar refractivity (Wildman–Crippen MR) is 45.1 cm³/mol. The van der Waals surface area contributed by atoms with E-state index in [-0.39, 0.29) is 0 Å². The first-order valence-corrected chi connectivity index (χ1v) is 3.86. The van der Waals surface area contributed by atoms with Crippen molar-refractivity contribution in [3.05, 3.63) is 24.5 Å². The molecule has 0 aliphatic rings. The van der Waals surface area contributed by atoms with Gasteiger partial charge in [-0.15, -0.1) is 0 Å². The lowest BCUT2D eigenvalue weighted by molar-refractivity contribution is 0.471. The van der Waals surface area contributed by atoms with Crippen molar-refractivity contribution in [1.82, 2.24) is 0 Å². The highest BCUT2D eigenvalue weighted by molar-refractivity contribution is 4.89. The van der Waals surface area contributed by atoms with Crippen LogP contribution < -0.4 is 0 Å². The fourth-order valence-electron chi connectivity index (χ4n) is 0.675. The molecular formula is C9H16O. The third kappa shape index (κ3) is 7.28. The SMILES string of the molecule is CCCCC=CCC=CO. The summed E-state index contributed by atoms with van der Waals surface area (Å²) in [5, 5.41) is 8.25. The fourth-order valence-corrected chi connectivity index (χ4v) is 0.675. The first kappa shape index (κ1) is 9.28. The molecule has 0 radical (unpaired) electrons. The Kier molecular flexibility index (Phi) is 7.68. The third-order valence-corrected chi connectivity index (χ3v) is 1.27. The van der Waals surface area contributed by atoms with E-state index in [2.05, 4.69) is 19.1 Å². The summed E-state index contributed by atoms with van der Waals surface area (Å²) in [6, 6.07) is 0. The molecule has 58 valence electrons. The zero-order valence-electron chi connectivity index (χ0n) is 6.59. The van der Waals surface area contributed by atoms with Gasteiger partial charge in [-0.25, -0.2) is 0 Å². The lowest BCUT2D eigenvalue weighted by atomic mass is 10.2. The maximum Gasteiger partial charge on any atom is 0.0754 e. The van der Waals surface area contributed by atoms with Crippen LogP contribution in [0.3, 0.4) is 0 Å². The van der Waals surface area contributed by atoms with Gasteiger partial charge in [-0.1, -0.05) is 31.9 Å². The molecule has 1 heteroatoms. The van der Waals surface area contributed by atoms with Crippen LogP contribution in [0.1, 0.15) is 32.6 Å². The van der Waals surface area contributed by atoms with Gasteiger partial charge in [-0.2, -0.15) is 0 Å². The molecule has 0 fully saturated rings. The molecule has 10 heavy (non-hydrogen) atoms. The molecule has 0 aromatic carbocycles. The first-order valence-electron chi connectivity index (χ1n) is 3.86. The standard InChI is InChI=1S/C9H16O/c1-2-3-4-5-6-7-8-9-10/h5-6,8-10H,2-4,7H2,1H3. The summed E-state index contributed by atoms with van der Waals surface area (Å²) in [5.74, 6) is 0. The second kappa shape index (κ2) is 8.28. The molecule has 0 saturated carbocycles. The van der Waals surface area contributed by atoms with Gasteiger partial charge in [0.15, 0.2) is 0 Å². The molecule has 0 aromatic heterocycles. The molecule has 0 aliphatic heterocycles. The molecular weight excluding hydrogens is 124 g/mol. The highest BCUT2D eigenvalue weighted by Gasteiger charge is 1.76. The summed E-state index contributed by atoms with van der Waals surface area (Å²) >= 11 is 0.